The molecule has 0 spiro atoms. The number of sulfonamides is 1. The second kappa shape index (κ2) is 6.29. The molecule has 0 aromatic carbocycles. The first-order chi connectivity index (χ1) is 9.76. The maximum atomic E-state index is 12.6. The molecule has 1 N–H and O–H groups in total. The average molecular weight is 354 g/mol. The minimum atomic E-state index is -3.95. The summed E-state index contributed by atoms with van der Waals surface area (Å²) in [6.45, 7) is 0.563. The van der Waals surface area contributed by atoms with E-state index in [1.54, 1.807) is 13.1 Å². The van der Waals surface area contributed by atoms with Gasteiger partial charge in [-0.1, -0.05) is 0 Å². The molecule has 1 aromatic rings. The Morgan fingerprint density at radius 1 is 1.38 bits per heavy atom. The summed E-state index contributed by atoms with van der Waals surface area (Å²) in [5.74, 6) is 1.29. The first-order valence-electron chi connectivity index (χ1n) is 6.28. The third kappa shape index (κ3) is 3.62. The van der Waals surface area contributed by atoms with Gasteiger partial charge in [0.05, 0.1) is 6.54 Å². The van der Waals surface area contributed by atoms with Crippen LogP contribution in [0.25, 0.3) is 0 Å². The highest BCUT2D eigenvalue weighted by Crippen LogP contribution is 2.28. The highest BCUT2D eigenvalue weighted by atomic mass is 32.2. The van der Waals surface area contributed by atoms with Gasteiger partial charge in [-0.05, 0) is 19.2 Å². The Balaban J connectivity index is 2.36. The largest absolute Gasteiger partial charge is 0.447 e. The molecule has 1 saturated heterocycles. The molecule has 1 aromatic heterocycles. The summed E-state index contributed by atoms with van der Waals surface area (Å²) in [7, 11) is -5.72. The molecule has 0 aliphatic carbocycles. The lowest BCUT2D eigenvalue weighted by Crippen LogP contribution is -2.49. The number of sulfone groups is 1. The van der Waals surface area contributed by atoms with E-state index in [0.29, 0.717) is 18.1 Å². The topological polar surface area (TPSA) is 96.7 Å². The summed E-state index contributed by atoms with van der Waals surface area (Å²) < 4.78 is 55.2. The van der Waals surface area contributed by atoms with Crippen LogP contribution in [0.5, 0.6) is 0 Å². The molecule has 1 aliphatic rings. The minimum Gasteiger partial charge on any atom is -0.447 e. The molecule has 0 amide bonds. The summed E-state index contributed by atoms with van der Waals surface area (Å²) in [5.41, 5.74) is 0. The minimum absolute atomic E-state index is 0.160. The predicted octanol–water partition coefficient (Wildman–Crippen LogP) is 0.107. The van der Waals surface area contributed by atoms with Crippen LogP contribution in [0.15, 0.2) is 21.6 Å². The molecule has 2 rings (SSSR count). The molecule has 2 heterocycles. The van der Waals surface area contributed by atoms with Gasteiger partial charge in [0.1, 0.15) is 11.1 Å². The standard InChI is InChI=1S/C11H18N2O5S3/c1-12-7-9-3-4-11(18-9)21(16,17)13-5-6-19-8-10(13)20(2,14)15/h3-4,10,12H,5-8H2,1-2H3. The number of hydrogen-bond donors (Lipinski definition) is 1. The Morgan fingerprint density at radius 2 is 2.10 bits per heavy atom. The summed E-state index contributed by atoms with van der Waals surface area (Å²) in [4.78, 5) is 0. The summed E-state index contributed by atoms with van der Waals surface area (Å²) in [5, 5.41) is 1.60. The van der Waals surface area contributed by atoms with Crippen molar-refractivity contribution in [3.05, 3.63) is 17.9 Å². The van der Waals surface area contributed by atoms with Gasteiger partial charge >= 0.3 is 0 Å². The molecule has 21 heavy (non-hydrogen) atoms. The van der Waals surface area contributed by atoms with Gasteiger partial charge in [-0.15, -0.1) is 0 Å². The van der Waals surface area contributed by atoms with Gasteiger partial charge in [0.15, 0.2) is 9.84 Å². The summed E-state index contributed by atoms with van der Waals surface area (Å²) in [6, 6.07) is 2.93. The summed E-state index contributed by atoms with van der Waals surface area (Å²) in [6.07, 6.45) is 1.06. The van der Waals surface area contributed by atoms with Gasteiger partial charge < -0.3 is 9.73 Å². The number of nitrogens with one attached hydrogen (secondary N) is 1. The molecular formula is C11H18N2O5S3. The van der Waals surface area contributed by atoms with Crippen molar-refractivity contribution >= 4 is 31.6 Å². The molecular weight excluding hydrogens is 336 g/mol. The molecule has 1 aliphatic heterocycles. The van der Waals surface area contributed by atoms with Gasteiger partial charge in [0.2, 0.25) is 5.09 Å². The first-order valence-corrected chi connectivity index (χ1v) is 10.8. The quantitative estimate of drug-likeness (QED) is 0.801. The van der Waals surface area contributed by atoms with E-state index in [1.807, 2.05) is 0 Å². The molecule has 1 atom stereocenters. The van der Waals surface area contributed by atoms with Crippen molar-refractivity contribution in [1.82, 2.24) is 9.62 Å². The second-order valence-corrected chi connectivity index (χ2v) is 9.90. The SMILES string of the molecule is CNCc1ccc(S(=O)(=O)N2CCSCC2S(C)(=O)=O)o1. The zero-order valence-corrected chi connectivity index (χ0v) is 14.2. The van der Waals surface area contributed by atoms with Crippen molar-refractivity contribution in [2.24, 2.45) is 0 Å². The molecule has 120 valence electrons. The van der Waals surface area contributed by atoms with Gasteiger partial charge in [-0.3, -0.25) is 0 Å². The van der Waals surface area contributed by atoms with Crippen LogP contribution in [0.2, 0.25) is 0 Å². The van der Waals surface area contributed by atoms with Gasteiger partial charge in [0.25, 0.3) is 10.0 Å². The average Bonchev–Trinajstić information content (AvgIpc) is 2.87. The highest BCUT2D eigenvalue weighted by molar-refractivity contribution is 8.01. The fraction of sp³-hybridized carbons (Fsp3) is 0.636. The maximum Gasteiger partial charge on any atom is 0.277 e. The van der Waals surface area contributed by atoms with Crippen molar-refractivity contribution < 1.29 is 21.3 Å². The van der Waals surface area contributed by atoms with Crippen molar-refractivity contribution in [2.45, 2.75) is 17.0 Å². The van der Waals surface area contributed by atoms with Crippen LogP contribution in [0.1, 0.15) is 5.76 Å². The number of hydrogen-bond acceptors (Lipinski definition) is 7. The van der Waals surface area contributed by atoms with Crippen molar-refractivity contribution in [2.75, 3.05) is 31.4 Å². The molecule has 1 unspecified atom stereocenters. The fourth-order valence-corrected chi connectivity index (χ4v) is 7.16. The highest BCUT2D eigenvalue weighted by Gasteiger charge is 2.40. The molecule has 10 heteroatoms. The first kappa shape index (κ1) is 16.8. The van der Waals surface area contributed by atoms with Crippen LogP contribution in [-0.4, -0.2) is 57.9 Å². The number of nitrogens with zero attached hydrogens (tertiary/aromatic N) is 1. The summed E-state index contributed by atoms with van der Waals surface area (Å²) >= 11 is 1.43. The van der Waals surface area contributed by atoms with E-state index in [9.17, 15) is 16.8 Å². The van der Waals surface area contributed by atoms with Crippen LogP contribution >= 0.6 is 11.8 Å². The third-order valence-corrected chi connectivity index (χ3v) is 7.64. The van der Waals surface area contributed by atoms with Crippen LogP contribution in [0.3, 0.4) is 0 Å². The van der Waals surface area contributed by atoms with E-state index in [0.717, 1.165) is 10.6 Å². The zero-order chi connectivity index (χ0) is 15.7. The Hall–Kier alpha value is -0.550. The lowest BCUT2D eigenvalue weighted by molar-refractivity contribution is 0.362. The second-order valence-electron chi connectivity index (χ2n) is 4.73. The van der Waals surface area contributed by atoms with Gasteiger partial charge in [0, 0.05) is 24.3 Å². The number of thioether (sulfide) groups is 1. The number of furan rings is 1. The van der Waals surface area contributed by atoms with Crippen LogP contribution in [0.4, 0.5) is 0 Å². The lowest BCUT2D eigenvalue weighted by Gasteiger charge is -2.32. The monoisotopic (exact) mass is 354 g/mol. The molecule has 0 saturated carbocycles. The van der Waals surface area contributed by atoms with Crippen LogP contribution in [0, 0.1) is 0 Å². The Labute approximate surface area is 129 Å². The van der Waals surface area contributed by atoms with E-state index in [-0.39, 0.29) is 17.4 Å². The van der Waals surface area contributed by atoms with Gasteiger partial charge in [-0.25, -0.2) is 16.8 Å². The lowest BCUT2D eigenvalue weighted by atomic mass is 10.4. The Morgan fingerprint density at radius 3 is 2.71 bits per heavy atom. The van der Waals surface area contributed by atoms with E-state index in [4.69, 9.17) is 4.42 Å². The van der Waals surface area contributed by atoms with Gasteiger partial charge in [-0.2, -0.15) is 16.1 Å². The maximum absolute atomic E-state index is 12.6. The predicted molar refractivity (Wildman–Crippen MR) is 81.3 cm³/mol. The zero-order valence-electron chi connectivity index (χ0n) is 11.8. The van der Waals surface area contributed by atoms with E-state index in [1.165, 1.54) is 17.8 Å². The molecule has 0 bridgehead atoms. The van der Waals surface area contributed by atoms with Crippen LogP contribution < -0.4 is 5.32 Å². The molecule has 0 radical (unpaired) electrons. The molecule has 1 fully saturated rings. The van der Waals surface area contributed by atoms with Crippen molar-refractivity contribution in [3.63, 3.8) is 0 Å². The smallest absolute Gasteiger partial charge is 0.277 e. The normalized spacial score (nSPS) is 21.5. The molecule has 7 nitrogen and oxygen atoms in total. The number of rotatable bonds is 5. The Kier molecular flexibility index (Phi) is 5.03. The van der Waals surface area contributed by atoms with E-state index < -0.39 is 25.2 Å². The van der Waals surface area contributed by atoms with Crippen molar-refractivity contribution in [3.8, 4) is 0 Å². The van der Waals surface area contributed by atoms with E-state index >= 15 is 0 Å². The van der Waals surface area contributed by atoms with E-state index in [2.05, 4.69) is 5.32 Å². The Bertz CT molecular complexity index is 695. The van der Waals surface area contributed by atoms with Crippen molar-refractivity contribution in [1.29, 1.82) is 0 Å². The van der Waals surface area contributed by atoms with Crippen LogP contribution in [-0.2, 0) is 26.4 Å². The fourth-order valence-electron chi connectivity index (χ4n) is 2.06. The third-order valence-electron chi connectivity index (χ3n) is 3.08.